The Kier molecular flexibility index (Phi) is 7.79. The number of benzene rings is 2. The van der Waals surface area contributed by atoms with Crippen molar-refractivity contribution < 1.29 is 22.7 Å². The predicted octanol–water partition coefficient (Wildman–Crippen LogP) is 5.41. The standard InChI is InChI=1S/C22H23F3N4O2S/c1-3-4-12-31-18-10-8-15(9-11-18)20-27-28-21(29(20)2)32-14-19(30)26-17-7-5-6-16(13-17)22(23,24)25/h5-11,13H,3-4,12,14H2,1-2H3,(H,26,30). The van der Waals surface area contributed by atoms with Gasteiger partial charge < -0.3 is 14.6 Å². The van der Waals surface area contributed by atoms with Crippen molar-refractivity contribution in [3.63, 3.8) is 0 Å². The number of halogens is 3. The molecule has 1 amide bonds. The molecule has 0 bridgehead atoms. The van der Waals surface area contributed by atoms with Gasteiger partial charge in [-0.05, 0) is 48.9 Å². The number of unbranched alkanes of at least 4 members (excludes halogenated alkanes) is 1. The normalized spacial score (nSPS) is 11.4. The highest BCUT2D eigenvalue weighted by Crippen LogP contribution is 2.31. The maximum atomic E-state index is 12.8. The van der Waals surface area contributed by atoms with Crippen LogP contribution in [0.1, 0.15) is 25.3 Å². The molecule has 2 aromatic carbocycles. The number of alkyl halides is 3. The Morgan fingerprint density at radius 3 is 2.59 bits per heavy atom. The first-order valence-corrected chi connectivity index (χ1v) is 11.0. The van der Waals surface area contributed by atoms with Crippen LogP contribution in [0.15, 0.2) is 53.7 Å². The fourth-order valence-electron chi connectivity index (χ4n) is 2.83. The van der Waals surface area contributed by atoms with Crippen LogP contribution in [0.3, 0.4) is 0 Å². The minimum Gasteiger partial charge on any atom is -0.494 e. The Morgan fingerprint density at radius 1 is 1.16 bits per heavy atom. The number of ether oxygens (including phenoxy) is 1. The molecule has 0 saturated carbocycles. The number of hydrogen-bond acceptors (Lipinski definition) is 5. The highest BCUT2D eigenvalue weighted by atomic mass is 32.2. The second-order valence-electron chi connectivity index (χ2n) is 7.01. The Balaban J connectivity index is 1.58. The van der Waals surface area contributed by atoms with E-state index in [0.29, 0.717) is 17.6 Å². The predicted molar refractivity (Wildman–Crippen MR) is 118 cm³/mol. The topological polar surface area (TPSA) is 69.0 Å². The fraction of sp³-hybridized carbons (Fsp3) is 0.318. The summed E-state index contributed by atoms with van der Waals surface area (Å²) in [5.74, 6) is 0.954. The molecule has 0 aliphatic rings. The highest BCUT2D eigenvalue weighted by Gasteiger charge is 2.30. The van der Waals surface area contributed by atoms with E-state index in [0.717, 1.165) is 48.0 Å². The lowest BCUT2D eigenvalue weighted by Crippen LogP contribution is -2.15. The lowest BCUT2D eigenvalue weighted by atomic mass is 10.2. The van der Waals surface area contributed by atoms with Gasteiger partial charge in [0.05, 0.1) is 17.9 Å². The number of rotatable bonds is 9. The fourth-order valence-corrected chi connectivity index (χ4v) is 3.54. The van der Waals surface area contributed by atoms with Crippen molar-refractivity contribution in [1.29, 1.82) is 0 Å². The average molecular weight is 465 g/mol. The van der Waals surface area contributed by atoms with E-state index >= 15 is 0 Å². The molecule has 1 aromatic heterocycles. The van der Waals surface area contributed by atoms with Crippen LogP contribution < -0.4 is 10.1 Å². The van der Waals surface area contributed by atoms with Crippen molar-refractivity contribution in [2.75, 3.05) is 17.7 Å². The van der Waals surface area contributed by atoms with E-state index in [9.17, 15) is 18.0 Å². The Bertz CT molecular complexity index is 1050. The molecular formula is C22H23F3N4O2S. The molecular weight excluding hydrogens is 441 g/mol. The Morgan fingerprint density at radius 2 is 1.91 bits per heavy atom. The molecule has 6 nitrogen and oxygen atoms in total. The van der Waals surface area contributed by atoms with E-state index in [1.807, 2.05) is 24.3 Å². The molecule has 1 heterocycles. The summed E-state index contributed by atoms with van der Waals surface area (Å²) >= 11 is 1.15. The van der Waals surface area contributed by atoms with Gasteiger partial charge in [0.25, 0.3) is 0 Å². The van der Waals surface area contributed by atoms with Crippen LogP contribution >= 0.6 is 11.8 Å². The summed E-state index contributed by atoms with van der Waals surface area (Å²) in [6.07, 6.45) is -2.41. The monoisotopic (exact) mass is 464 g/mol. The van der Waals surface area contributed by atoms with Crippen molar-refractivity contribution >= 4 is 23.4 Å². The van der Waals surface area contributed by atoms with Crippen LogP contribution in [0.2, 0.25) is 0 Å². The molecule has 0 aliphatic carbocycles. The van der Waals surface area contributed by atoms with E-state index in [-0.39, 0.29) is 11.4 Å². The molecule has 32 heavy (non-hydrogen) atoms. The largest absolute Gasteiger partial charge is 0.494 e. The van der Waals surface area contributed by atoms with Gasteiger partial charge in [-0.25, -0.2) is 0 Å². The van der Waals surface area contributed by atoms with E-state index in [4.69, 9.17) is 4.74 Å². The van der Waals surface area contributed by atoms with E-state index in [1.165, 1.54) is 12.1 Å². The third-order valence-corrected chi connectivity index (χ3v) is 5.54. The second-order valence-corrected chi connectivity index (χ2v) is 7.95. The zero-order chi connectivity index (χ0) is 23.1. The summed E-state index contributed by atoms with van der Waals surface area (Å²) < 4.78 is 45.9. The van der Waals surface area contributed by atoms with Crippen LogP contribution in [0.5, 0.6) is 5.75 Å². The summed E-state index contributed by atoms with van der Waals surface area (Å²) in [5, 5.41) is 11.3. The maximum absolute atomic E-state index is 12.8. The van der Waals surface area contributed by atoms with Crippen molar-refractivity contribution in [2.24, 2.45) is 7.05 Å². The van der Waals surface area contributed by atoms with Crippen molar-refractivity contribution in [2.45, 2.75) is 31.1 Å². The smallest absolute Gasteiger partial charge is 0.416 e. The summed E-state index contributed by atoms with van der Waals surface area (Å²) in [6.45, 7) is 2.77. The Labute approximate surface area is 188 Å². The van der Waals surface area contributed by atoms with Crippen LogP contribution in [0, 0.1) is 0 Å². The number of aromatic nitrogens is 3. The van der Waals surface area contributed by atoms with Gasteiger partial charge in [0.15, 0.2) is 11.0 Å². The molecule has 170 valence electrons. The summed E-state index contributed by atoms with van der Waals surface area (Å²) in [7, 11) is 1.79. The second kappa shape index (κ2) is 10.5. The number of carbonyl (C=O) groups is 1. The highest BCUT2D eigenvalue weighted by molar-refractivity contribution is 7.99. The van der Waals surface area contributed by atoms with Crippen molar-refractivity contribution in [3.8, 4) is 17.1 Å². The molecule has 3 rings (SSSR count). The average Bonchev–Trinajstić information content (AvgIpc) is 3.13. The first-order valence-electron chi connectivity index (χ1n) is 10.0. The summed E-state index contributed by atoms with van der Waals surface area (Å²) in [5.41, 5.74) is 0.121. The molecule has 10 heteroatoms. The van der Waals surface area contributed by atoms with Gasteiger partial charge in [-0.2, -0.15) is 13.2 Å². The molecule has 0 fully saturated rings. The molecule has 1 N–H and O–H groups in total. The van der Waals surface area contributed by atoms with Crippen LogP contribution in [0.4, 0.5) is 18.9 Å². The third kappa shape index (κ3) is 6.25. The molecule has 0 saturated heterocycles. The van der Waals surface area contributed by atoms with Gasteiger partial charge in [-0.15, -0.1) is 10.2 Å². The number of nitrogens with zero attached hydrogens (tertiary/aromatic N) is 3. The molecule has 0 aliphatic heterocycles. The summed E-state index contributed by atoms with van der Waals surface area (Å²) in [6, 6.07) is 12.0. The van der Waals surface area contributed by atoms with Crippen LogP contribution in [-0.2, 0) is 18.0 Å². The van der Waals surface area contributed by atoms with Gasteiger partial charge in [-0.3, -0.25) is 4.79 Å². The summed E-state index contributed by atoms with van der Waals surface area (Å²) in [4.78, 5) is 12.2. The number of carbonyl (C=O) groups excluding carboxylic acids is 1. The van der Waals surface area contributed by atoms with Crippen LogP contribution in [0.25, 0.3) is 11.4 Å². The van der Waals surface area contributed by atoms with Gasteiger partial charge in [-0.1, -0.05) is 31.2 Å². The first-order chi connectivity index (χ1) is 15.3. The van der Waals surface area contributed by atoms with Gasteiger partial charge >= 0.3 is 6.18 Å². The zero-order valence-electron chi connectivity index (χ0n) is 17.6. The van der Waals surface area contributed by atoms with E-state index in [2.05, 4.69) is 22.4 Å². The van der Waals surface area contributed by atoms with Gasteiger partial charge in [0, 0.05) is 18.3 Å². The first kappa shape index (κ1) is 23.6. The van der Waals surface area contributed by atoms with Crippen molar-refractivity contribution in [1.82, 2.24) is 14.8 Å². The van der Waals surface area contributed by atoms with E-state index in [1.54, 1.807) is 11.6 Å². The third-order valence-electron chi connectivity index (χ3n) is 4.52. The number of hydrogen-bond donors (Lipinski definition) is 1. The van der Waals surface area contributed by atoms with Gasteiger partial charge in [0.2, 0.25) is 5.91 Å². The minimum atomic E-state index is -4.47. The quantitative estimate of drug-likeness (QED) is 0.339. The molecule has 0 radical (unpaired) electrons. The zero-order valence-corrected chi connectivity index (χ0v) is 18.5. The molecule has 3 aromatic rings. The molecule has 0 atom stereocenters. The molecule has 0 spiro atoms. The lowest BCUT2D eigenvalue weighted by Gasteiger charge is -2.10. The number of anilines is 1. The van der Waals surface area contributed by atoms with E-state index < -0.39 is 17.6 Å². The molecule has 0 unspecified atom stereocenters. The SMILES string of the molecule is CCCCOc1ccc(-c2nnc(SCC(=O)Nc3cccc(C(F)(F)F)c3)n2C)cc1. The van der Waals surface area contributed by atoms with Gasteiger partial charge in [0.1, 0.15) is 5.75 Å². The number of thioether (sulfide) groups is 1. The maximum Gasteiger partial charge on any atom is 0.416 e. The lowest BCUT2D eigenvalue weighted by molar-refractivity contribution is -0.137. The minimum absolute atomic E-state index is 0.0214. The Hall–Kier alpha value is -3.01. The van der Waals surface area contributed by atoms with Crippen molar-refractivity contribution in [3.05, 3.63) is 54.1 Å². The number of amides is 1. The number of nitrogens with one attached hydrogen (secondary N) is 1. The van der Waals surface area contributed by atoms with Crippen LogP contribution in [-0.4, -0.2) is 33.0 Å².